The molecule has 8 aromatic carbocycles. The van der Waals surface area contributed by atoms with Crippen LogP contribution in [0.5, 0.6) is 0 Å². The Morgan fingerprint density at radius 1 is 0.312 bits per heavy atom. The molecule has 9 aromatic rings. The Labute approximate surface area is 284 Å². The SMILES string of the molecule is c1ccc(-c2cc(-c3ccccc3)cc(N(c3cccc(-c4cccc5ccccc45)c3)c3ccc4sc5ccccc5c4c3)c2)cc1. The van der Waals surface area contributed by atoms with Gasteiger partial charge in [0.2, 0.25) is 0 Å². The molecule has 0 saturated heterocycles. The Morgan fingerprint density at radius 3 is 1.65 bits per heavy atom. The van der Waals surface area contributed by atoms with E-state index in [1.54, 1.807) is 0 Å². The van der Waals surface area contributed by atoms with Crippen molar-refractivity contribution < 1.29 is 0 Å². The zero-order chi connectivity index (χ0) is 31.9. The lowest BCUT2D eigenvalue weighted by Crippen LogP contribution is -2.10. The third kappa shape index (κ3) is 5.13. The van der Waals surface area contributed by atoms with Gasteiger partial charge in [-0.15, -0.1) is 11.3 Å². The average Bonchev–Trinajstić information content (AvgIpc) is 3.53. The summed E-state index contributed by atoms with van der Waals surface area (Å²) >= 11 is 1.86. The maximum atomic E-state index is 2.43. The fourth-order valence-corrected chi connectivity index (χ4v) is 8.01. The molecule has 0 bridgehead atoms. The third-order valence-electron chi connectivity index (χ3n) is 9.21. The van der Waals surface area contributed by atoms with Gasteiger partial charge < -0.3 is 4.90 Å². The van der Waals surface area contributed by atoms with Gasteiger partial charge in [0.05, 0.1) is 0 Å². The fraction of sp³-hybridized carbons (Fsp3) is 0. The van der Waals surface area contributed by atoms with E-state index in [1.807, 2.05) is 11.3 Å². The average molecular weight is 630 g/mol. The number of fused-ring (bicyclic) bond motifs is 4. The number of nitrogens with zero attached hydrogens (tertiary/aromatic N) is 1. The monoisotopic (exact) mass is 629 g/mol. The molecule has 0 aliphatic carbocycles. The normalized spacial score (nSPS) is 11.3. The summed E-state index contributed by atoms with van der Waals surface area (Å²) in [5.74, 6) is 0. The number of hydrogen-bond acceptors (Lipinski definition) is 2. The van der Waals surface area contributed by atoms with Gasteiger partial charge >= 0.3 is 0 Å². The van der Waals surface area contributed by atoms with Gasteiger partial charge in [0.25, 0.3) is 0 Å². The second-order valence-corrected chi connectivity index (χ2v) is 13.3. The van der Waals surface area contributed by atoms with Crippen molar-refractivity contribution in [2.45, 2.75) is 0 Å². The highest BCUT2D eigenvalue weighted by Crippen LogP contribution is 2.44. The molecule has 9 rings (SSSR count). The van der Waals surface area contributed by atoms with E-state index in [-0.39, 0.29) is 0 Å². The molecule has 0 atom stereocenters. The lowest BCUT2D eigenvalue weighted by atomic mass is 9.96. The van der Waals surface area contributed by atoms with Gasteiger partial charge in [0.1, 0.15) is 0 Å². The number of thiophene rings is 1. The first-order valence-corrected chi connectivity index (χ1v) is 17.2. The largest absolute Gasteiger partial charge is 0.310 e. The van der Waals surface area contributed by atoms with E-state index in [0.29, 0.717) is 0 Å². The zero-order valence-corrected chi connectivity index (χ0v) is 27.1. The van der Waals surface area contributed by atoms with Crippen molar-refractivity contribution in [3.63, 3.8) is 0 Å². The van der Waals surface area contributed by atoms with Gasteiger partial charge in [-0.25, -0.2) is 0 Å². The molecular weight excluding hydrogens is 599 g/mol. The van der Waals surface area contributed by atoms with Gasteiger partial charge in [0, 0.05) is 37.2 Å². The van der Waals surface area contributed by atoms with E-state index in [0.717, 1.165) is 17.1 Å². The van der Waals surface area contributed by atoms with E-state index in [1.165, 1.54) is 64.3 Å². The van der Waals surface area contributed by atoms with Crippen molar-refractivity contribution in [1.29, 1.82) is 0 Å². The van der Waals surface area contributed by atoms with Crippen LogP contribution in [0.4, 0.5) is 17.1 Å². The molecule has 48 heavy (non-hydrogen) atoms. The molecule has 0 saturated carbocycles. The highest BCUT2D eigenvalue weighted by Gasteiger charge is 2.18. The fourth-order valence-electron chi connectivity index (χ4n) is 6.92. The number of benzene rings is 8. The topological polar surface area (TPSA) is 3.24 Å². The van der Waals surface area contributed by atoms with Gasteiger partial charge in [0.15, 0.2) is 0 Å². The van der Waals surface area contributed by atoms with Crippen molar-refractivity contribution in [1.82, 2.24) is 0 Å². The number of anilines is 3. The van der Waals surface area contributed by atoms with Gasteiger partial charge in [-0.2, -0.15) is 0 Å². The molecule has 0 radical (unpaired) electrons. The van der Waals surface area contributed by atoms with Crippen LogP contribution in [-0.4, -0.2) is 0 Å². The predicted octanol–water partition coefficient (Wildman–Crippen LogP) is 13.7. The van der Waals surface area contributed by atoms with Crippen molar-refractivity contribution in [3.8, 4) is 33.4 Å². The lowest BCUT2D eigenvalue weighted by Gasteiger charge is -2.27. The van der Waals surface area contributed by atoms with Crippen LogP contribution < -0.4 is 4.90 Å². The number of rotatable bonds is 6. The van der Waals surface area contributed by atoms with Gasteiger partial charge in [-0.3, -0.25) is 0 Å². The second-order valence-electron chi connectivity index (χ2n) is 12.2. The van der Waals surface area contributed by atoms with Crippen molar-refractivity contribution in [2.24, 2.45) is 0 Å². The van der Waals surface area contributed by atoms with Crippen LogP contribution in [-0.2, 0) is 0 Å². The van der Waals surface area contributed by atoms with E-state index in [4.69, 9.17) is 0 Å². The highest BCUT2D eigenvalue weighted by molar-refractivity contribution is 7.25. The molecule has 1 nitrogen and oxygen atoms in total. The van der Waals surface area contributed by atoms with Crippen LogP contribution in [0.15, 0.2) is 188 Å². The van der Waals surface area contributed by atoms with E-state index in [2.05, 4.69) is 193 Å². The molecule has 0 fully saturated rings. The first kappa shape index (κ1) is 28.3. The van der Waals surface area contributed by atoms with Crippen molar-refractivity contribution >= 4 is 59.3 Å². The van der Waals surface area contributed by atoms with Crippen LogP contribution in [0.1, 0.15) is 0 Å². The Kier molecular flexibility index (Phi) is 7.07. The van der Waals surface area contributed by atoms with Crippen LogP contribution in [0, 0.1) is 0 Å². The molecule has 1 heterocycles. The van der Waals surface area contributed by atoms with Gasteiger partial charge in [-0.05, 0) is 98.8 Å². The zero-order valence-electron chi connectivity index (χ0n) is 26.3. The Hall–Kier alpha value is -5.96. The number of hydrogen-bond donors (Lipinski definition) is 0. The predicted molar refractivity (Wildman–Crippen MR) is 208 cm³/mol. The quantitative estimate of drug-likeness (QED) is 0.177. The molecule has 0 spiro atoms. The lowest BCUT2D eigenvalue weighted by molar-refractivity contribution is 1.29. The van der Waals surface area contributed by atoms with E-state index < -0.39 is 0 Å². The standard InChI is InChI=1S/C46H31NS/c1-3-13-32(14-4-1)36-27-37(33-15-5-2-6-16-33)30-40(29-36)47(39-25-26-46-44(31-39)43-22-9-10-24-45(43)48-46)38-20-11-19-35(28-38)42-23-12-18-34-17-7-8-21-41(34)42/h1-31H. The molecule has 0 aliphatic heterocycles. The third-order valence-corrected chi connectivity index (χ3v) is 10.4. The molecule has 0 amide bonds. The molecule has 0 unspecified atom stereocenters. The van der Waals surface area contributed by atoms with Crippen molar-refractivity contribution in [2.75, 3.05) is 4.90 Å². The molecule has 226 valence electrons. The summed E-state index contributed by atoms with van der Waals surface area (Å²) in [7, 11) is 0. The van der Waals surface area contributed by atoms with E-state index in [9.17, 15) is 0 Å². The first-order valence-electron chi connectivity index (χ1n) is 16.3. The van der Waals surface area contributed by atoms with E-state index >= 15 is 0 Å². The summed E-state index contributed by atoms with van der Waals surface area (Å²) in [5, 5.41) is 5.08. The summed E-state index contributed by atoms with van der Waals surface area (Å²) in [6.45, 7) is 0. The highest BCUT2D eigenvalue weighted by atomic mass is 32.1. The molecule has 1 aromatic heterocycles. The van der Waals surface area contributed by atoms with Crippen molar-refractivity contribution in [3.05, 3.63) is 188 Å². The second kappa shape index (κ2) is 12.0. The van der Waals surface area contributed by atoms with Crippen LogP contribution in [0.25, 0.3) is 64.3 Å². The summed E-state index contributed by atoms with van der Waals surface area (Å²) in [5.41, 5.74) is 10.5. The minimum absolute atomic E-state index is 1.11. The smallest absolute Gasteiger partial charge is 0.0473 e. The summed E-state index contributed by atoms with van der Waals surface area (Å²) < 4.78 is 2.61. The van der Waals surface area contributed by atoms with Crippen LogP contribution in [0.2, 0.25) is 0 Å². The summed E-state index contributed by atoms with van der Waals surface area (Å²) in [6.07, 6.45) is 0. The molecular formula is C46H31NS. The van der Waals surface area contributed by atoms with Gasteiger partial charge in [-0.1, -0.05) is 133 Å². The first-order chi connectivity index (χ1) is 23.8. The summed E-state index contributed by atoms with van der Waals surface area (Å²) in [4.78, 5) is 2.43. The van der Waals surface area contributed by atoms with Crippen LogP contribution in [0.3, 0.4) is 0 Å². The summed E-state index contributed by atoms with van der Waals surface area (Å²) in [6, 6.07) is 68.3. The minimum atomic E-state index is 1.11. The maximum absolute atomic E-state index is 2.43. The Morgan fingerprint density at radius 2 is 0.875 bits per heavy atom. The Balaban J connectivity index is 1.30. The minimum Gasteiger partial charge on any atom is -0.310 e. The maximum Gasteiger partial charge on any atom is 0.0473 e. The van der Waals surface area contributed by atoms with Crippen LogP contribution >= 0.6 is 11.3 Å². The molecule has 0 N–H and O–H groups in total. The molecule has 0 aliphatic rings. The Bertz CT molecular complexity index is 2500. The molecule has 2 heteroatoms.